The lowest BCUT2D eigenvalue weighted by Crippen LogP contribution is -2.35. The highest BCUT2D eigenvalue weighted by Gasteiger charge is 2.41. The molecular formula is C24H28FN5S. The minimum atomic E-state index is -0.241. The summed E-state index contributed by atoms with van der Waals surface area (Å²) < 4.78 is 16.0. The van der Waals surface area contributed by atoms with Gasteiger partial charge >= 0.3 is 0 Å². The van der Waals surface area contributed by atoms with Gasteiger partial charge in [0.2, 0.25) is 0 Å². The largest absolute Gasteiger partial charge is 0.352 e. The molecular weight excluding hydrogens is 409 g/mol. The average molecular weight is 438 g/mol. The molecule has 0 saturated carbocycles. The van der Waals surface area contributed by atoms with Crippen molar-refractivity contribution in [3.05, 3.63) is 83.2 Å². The van der Waals surface area contributed by atoms with Gasteiger partial charge in [-0.3, -0.25) is 4.98 Å². The number of hydrogen-bond acceptors (Lipinski definition) is 3. The van der Waals surface area contributed by atoms with E-state index in [0.29, 0.717) is 0 Å². The van der Waals surface area contributed by atoms with Crippen molar-refractivity contribution in [2.24, 2.45) is 0 Å². The lowest BCUT2D eigenvalue weighted by molar-refractivity contribution is 0.277. The lowest BCUT2D eigenvalue weighted by atomic mass is 9.97. The third-order valence-electron chi connectivity index (χ3n) is 5.84. The predicted octanol–water partition coefficient (Wildman–Crippen LogP) is 4.16. The van der Waals surface area contributed by atoms with Crippen LogP contribution in [0.25, 0.3) is 5.69 Å². The zero-order valence-electron chi connectivity index (χ0n) is 18.3. The van der Waals surface area contributed by atoms with Gasteiger partial charge in [0, 0.05) is 36.4 Å². The van der Waals surface area contributed by atoms with Crippen molar-refractivity contribution in [1.29, 1.82) is 0 Å². The van der Waals surface area contributed by atoms with Crippen LogP contribution in [0.1, 0.15) is 34.7 Å². The van der Waals surface area contributed by atoms with Crippen molar-refractivity contribution in [1.82, 2.24) is 24.7 Å². The molecule has 31 heavy (non-hydrogen) atoms. The second kappa shape index (κ2) is 8.77. The van der Waals surface area contributed by atoms with Gasteiger partial charge in [-0.1, -0.05) is 12.1 Å². The highest BCUT2D eigenvalue weighted by molar-refractivity contribution is 7.80. The number of thiocarbonyl (C=S) groups is 1. The second-order valence-electron chi connectivity index (χ2n) is 8.27. The first-order chi connectivity index (χ1) is 14.9. The van der Waals surface area contributed by atoms with Gasteiger partial charge in [0.15, 0.2) is 5.11 Å². The maximum atomic E-state index is 13.9. The van der Waals surface area contributed by atoms with Crippen molar-refractivity contribution in [3.8, 4) is 5.69 Å². The Morgan fingerprint density at radius 3 is 2.61 bits per heavy atom. The Balaban J connectivity index is 1.81. The molecule has 4 rings (SSSR count). The minimum Gasteiger partial charge on any atom is -0.352 e. The first-order valence-electron chi connectivity index (χ1n) is 10.4. The number of hydrogen-bond donors (Lipinski definition) is 1. The minimum absolute atomic E-state index is 0.00383. The monoisotopic (exact) mass is 437 g/mol. The summed E-state index contributed by atoms with van der Waals surface area (Å²) in [5.41, 5.74) is 5.09. The SMILES string of the molecule is Cc1cc(C2C(c3ccccn3)NC(=S)N2CCN(C)C)c(C)n1-c1cccc(F)c1. The fourth-order valence-corrected chi connectivity index (χ4v) is 4.72. The molecule has 5 nitrogen and oxygen atoms in total. The molecule has 0 bridgehead atoms. The molecule has 162 valence electrons. The van der Waals surface area contributed by atoms with E-state index in [1.165, 1.54) is 11.6 Å². The number of nitrogens with one attached hydrogen (secondary N) is 1. The fourth-order valence-electron chi connectivity index (χ4n) is 4.39. The Kier molecular flexibility index (Phi) is 6.07. The highest BCUT2D eigenvalue weighted by atomic mass is 32.1. The van der Waals surface area contributed by atoms with Gasteiger partial charge in [0.1, 0.15) is 5.82 Å². The summed E-state index contributed by atoms with van der Waals surface area (Å²) in [6, 6.07) is 14.8. The van der Waals surface area contributed by atoms with Gasteiger partial charge in [0.25, 0.3) is 0 Å². The van der Waals surface area contributed by atoms with E-state index in [9.17, 15) is 4.39 Å². The third-order valence-corrected chi connectivity index (χ3v) is 6.19. The van der Waals surface area contributed by atoms with Crippen LogP contribution < -0.4 is 5.32 Å². The van der Waals surface area contributed by atoms with Gasteiger partial charge in [-0.25, -0.2) is 4.39 Å². The zero-order chi connectivity index (χ0) is 22.1. The summed E-state index contributed by atoms with van der Waals surface area (Å²) in [6.45, 7) is 5.84. The normalized spacial score (nSPS) is 18.6. The van der Waals surface area contributed by atoms with E-state index in [1.54, 1.807) is 12.1 Å². The van der Waals surface area contributed by atoms with Crippen molar-refractivity contribution in [3.63, 3.8) is 0 Å². The number of aryl methyl sites for hydroxylation is 1. The molecule has 0 spiro atoms. The Hall–Kier alpha value is -2.77. The van der Waals surface area contributed by atoms with E-state index in [2.05, 4.69) is 58.7 Å². The van der Waals surface area contributed by atoms with Crippen LogP contribution in [0.2, 0.25) is 0 Å². The molecule has 2 aromatic heterocycles. The standard InChI is InChI=1S/C24H28FN5S/c1-16-14-20(17(2)30(16)19-9-7-8-18(25)15-19)23-22(21-10-5-6-11-26-21)27-24(31)29(23)13-12-28(3)4/h5-11,14-15,22-23H,12-13H2,1-4H3,(H,27,31). The topological polar surface area (TPSA) is 36.3 Å². The van der Waals surface area contributed by atoms with Crippen molar-refractivity contribution in [2.75, 3.05) is 27.2 Å². The molecule has 3 aromatic rings. The first kappa shape index (κ1) is 21.5. The summed E-state index contributed by atoms with van der Waals surface area (Å²) in [6.07, 6.45) is 1.82. The molecule has 3 heterocycles. The zero-order valence-corrected chi connectivity index (χ0v) is 19.2. The Labute approximate surface area is 188 Å². The van der Waals surface area contributed by atoms with Crippen LogP contribution in [0.3, 0.4) is 0 Å². The third kappa shape index (κ3) is 4.20. The molecule has 0 radical (unpaired) electrons. The van der Waals surface area contributed by atoms with Gasteiger partial charge in [0.05, 0.1) is 17.8 Å². The molecule has 0 aliphatic carbocycles. The molecule has 1 aromatic carbocycles. The van der Waals surface area contributed by atoms with Crippen LogP contribution in [0, 0.1) is 19.7 Å². The molecule has 1 aliphatic rings. The van der Waals surface area contributed by atoms with Crippen LogP contribution in [-0.2, 0) is 0 Å². The summed E-state index contributed by atoms with van der Waals surface area (Å²) in [5, 5.41) is 4.24. The lowest BCUT2D eigenvalue weighted by Gasteiger charge is -2.29. The molecule has 1 N–H and O–H groups in total. The van der Waals surface area contributed by atoms with E-state index < -0.39 is 0 Å². The summed E-state index contributed by atoms with van der Waals surface area (Å²) >= 11 is 5.75. The van der Waals surface area contributed by atoms with Gasteiger partial charge in [-0.2, -0.15) is 0 Å². The van der Waals surface area contributed by atoms with Gasteiger partial charge < -0.3 is 19.7 Å². The van der Waals surface area contributed by atoms with Crippen LogP contribution in [-0.4, -0.2) is 51.6 Å². The highest BCUT2D eigenvalue weighted by Crippen LogP contribution is 2.41. The number of likely N-dealkylation sites (N-methyl/N-ethyl adjacent to an activating group) is 1. The average Bonchev–Trinajstić information content (AvgIpc) is 3.22. The first-order valence-corrected chi connectivity index (χ1v) is 10.8. The Morgan fingerprint density at radius 1 is 1.13 bits per heavy atom. The van der Waals surface area contributed by atoms with E-state index >= 15 is 0 Å². The van der Waals surface area contributed by atoms with E-state index in [1.807, 2.05) is 30.5 Å². The Bertz CT molecular complexity index is 1080. The van der Waals surface area contributed by atoms with Gasteiger partial charge in [-0.15, -0.1) is 0 Å². The molecule has 1 fully saturated rings. The predicted molar refractivity (Wildman–Crippen MR) is 126 cm³/mol. The summed E-state index contributed by atoms with van der Waals surface area (Å²) in [5.74, 6) is -0.241. The quantitative estimate of drug-likeness (QED) is 0.586. The maximum absolute atomic E-state index is 13.9. The maximum Gasteiger partial charge on any atom is 0.170 e. The van der Waals surface area contributed by atoms with E-state index in [-0.39, 0.29) is 17.9 Å². The molecule has 2 unspecified atom stereocenters. The van der Waals surface area contributed by atoms with E-state index in [4.69, 9.17) is 12.2 Å². The number of pyridine rings is 1. The van der Waals surface area contributed by atoms with Gasteiger partial charge in [-0.05, 0) is 82.1 Å². The number of aromatic nitrogens is 2. The Morgan fingerprint density at radius 2 is 1.94 bits per heavy atom. The molecule has 1 saturated heterocycles. The second-order valence-corrected chi connectivity index (χ2v) is 8.65. The van der Waals surface area contributed by atoms with Crippen molar-refractivity contribution in [2.45, 2.75) is 25.9 Å². The van der Waals surface area contributed by atoms with Crippen LogP contribution in [0.5, 0.6) is 0 Å². The number of rotatable bonds is 6. The van der Waals surface area contributed by atoms with E-state index in [0.717, 1.165) is 41.0 Å². The number of nitrogens with zero attached hydrogens (tertiary/aromatic N) is 4. The van der Waals surface area contributed by atoms with Crippen molar-refractivity contribution >= 4 is 17.3 Å². The molecule has 2 atom stereocenters. The van der Waals surface area contributed by atoms with Crippen LogP contribution >= 0.6 is 12.2 Å². The summed E-state index contributed by atoms with van der Waals surface area (Å²) in [7, 11) is 4.13. The summed E-state index contributed by atoms with van der Waals surface area (Å²) in [4.78, 5) is 9.03. The fraction of sp³-hybridized carbons (Fsp3) is 0.333. The molecule has 7 heteroatoms. The van der Waals surface area contributed by atoms with Crippen LogP contribution in [0.4, 0.5) is 4.39 Å². The molecule has 0 amide bonds. The smallest absolute Gasteiger partial charge is 0.170 e. The van der Waals surface area contributed by atoms with Crippen molar-refractivity contribution < 1.29 is 4.39 Å². The molecule has 1 aliphatic heterocycles. The number of benzene rings is 1. The van der Waals surface area contributed by atoms with Crippen LogP contribution in [0.15, 0.2) is 54.7 Å². The number of halogens is 1.